The number of nitrogens with two attached hydrogens (primary N) is 1. The summed E-state index contributed by atoms with van der Waals surface area (Å²) >= 11 is 0. The smallest absolute Gasteiger partial charge is 0.0445 e. The van der Waals surface area contributed by atoms with Gasteiger partial charge in [0, 0.05) is 42.8 Å². The van der Waals surface area contributed by atoms with E-state index in [1.54, 1.807) is 0 Å². The van der Waals surface area contributed by atoms with Crippen LogP contribution < -0.4 is 10.6 Å². The average molecular weight is 219 g/mol. The van der Waals surface area contributed by atoms with Crippen LogP contribution in [0.3, 0.4) is 0 Å². The maximum Gasteiger partial charge on any atom is 0.0445 e. The molecule has 3 nitrogen and oxygen atoms in total. The standard InChI is InChI=1S/C13H21N3/c1-10(2)12-4-3-7-16(12)13-5-6-15-9-11(13)8-14/h5-6,9-10,12H,3-4,7-8,14H2,1-2H3. The third-order valence-electron chi connectivity index (χ3n) is 3.48. The van der Waals surface area contributed by atoms with Crippen molar-refractivity contribution >= 4 is 5.69 Å². The van der Waals surface area contributed by atoms with E-state index in [1.807, 2.05) is 12.4 Å². The topological polar surface area (TPSA) is 42.2 Å². The van der Waals surface area contributed by atoms with E-state index in [0.29, 0.717) is 18.5 Å². The lowest BCUT2D eigenvalue weighted by Gasteiger charge is -2.31. The van der Waals surface area contributed by atoms with Crippen LogP contribution in [0.2, 0.25) is 0 Å². The minimum Gasteiger partial charge on any atom is -0.368 e. The summed E-state index contributed by atoms with van der Waals surface area (Å²) in [5.74, 6) is 0.696. The van der Waals surface area contributed by atoms with Crippen LogP contribution in [0.15, 0.2) is 18.5 Å². The van der Waals surface area contributed by atoms with Crippen LogP contribution in [0, 0.1) is 5.92 Å². The Kier molecular flexibility index (Phi) is 3.44. The number of nitrogens with zero attached hydrogens (tertiary/aromatic N) is 2. The van der Waals surface area contributed by atoms with Crippen molar-refractivity contribution in [2.24, 2.45) is 11.7 Å². The SMILES string of the molecule is CC(C)C1CCCN1c1ccncc1CN. The van der Waals surface area contributed by atoms with E-state index in [2.05, 4.69) is 29.8 Å². The minimum absolute atomic E-state index is 0.574. The van der Waals surface area contributed by atoms with Crippen molar-refractivity contribution in [2.75, 3.05) is 11.4 Å². The number of rotatable bonds is 3. The molecule has 2 heterocycles. The van der Waals surface area contributed by atoms with E-state index in [4.69, 9.17) is 5.73 Å². The predicted octanol–water partition coefficient (Wildman–Crippen LogP) is 2.17. The predicted molar refractivity (Wildman–Crippen MR) is 67.3 cm³/mol. The molecule has 2 rings (SSSR count). The zero-order chi connectivity index (χ0) is 11.5. The first-order valence-corrected chi connectivity index (χ1v) is 6.13. The number of hydrogen-bond donors (Lipinski definition) is 1. The summed E-state index contributed by atoms with van der Waals surface area (Å²) in [5, 5.41) is 0. The molecule has 2 N–H and O–H groups in total. The molecule has 1 saturated heterocycles. The highest BCUT2D eigenvalue weighted by atomic mass is 15.2. The Morgan fingerprint density at radius 1 is 1.56 bits per heavy atom. The Morgan fingerprint density at radius 2 is 2.38 bits per heavy atom. The molecule has 0 aromatic carbocycles. The maximum atomic E-state index is 5.77. The summed E-state index contributed by atoms with van der Waals surface area (Å²) < 4.78 is 0. The fourth-order valence-electron chi connectivity index (χ4n) is 2.64. The molecular formula is C13H21N3. The molecule has 1 aromatic rings. The minimum atomic E-state index is 0.574. The third-order valence-corrected chi connectivity index (χ3v) is 3.48. The Hall–Kier alpha value is -1.09. The zero-order valence-electron chi connectivity index (χ0n) is 10.2. The van der Waals surface area contributed by atoms with Gasteiger partial charge < -0.3 is 10.6 Å². The van der Waals surface area contributed by atoms with Crippen LogP contribution in [0.1, 0.15) is 32.3 Å². The Labute approximate surface area is 97.7 Å². The van der Waals surface area contributed by atoms with Crippen LogP contribution in [-0.2, 0) is 6.54 Å². The molecule has 1 aliphatic rings. The first-order valence-electron chi connectivity index (χ1n) is 6.13. The molecule has 16 heavy (non-hydrogen) atoms. The summed E-state index contributed by atoms with van der Waals surface area (Å²) in [6.07, 6.45) is 6.34. The largest absolute Gasteiger partial charge is 0.368 e. The van der Waals surface area contributed by atoms with Gasteiger partial charge >= 0.3 is 0 Å². The normalized spacial score (nSPS) is 20.8. The molecule has 0 aliphatic carbocycles. The summed E-state index contributed by atoms with van der Waals surface area (Å²) in [4.78, 5) is 6.66. The molecule has 3 heteroatoms. The van der Waals surface area contributed by atoms with Gasteiger partial charge in [-0.1, -0.05) is 13.8 Å². The number of hydrogen-bond acceptors (Lipinski definition) is 3. The van der Waals surface area contributed by atoms with Crippen molar-refractivity contribution in [3.8, 4) is 0 Å². The van der Waals surface area contributed by atoms with Gasteiger partial charge in [0.25, 0.3) is 0 Å². The van der Waals surface area contributed by atoms with Crippen LogP contribution in [-0.4, -0.2) is 17.6 Å². The first kappa shape index (κ1) is 11.4. The second kappa shape index (κ2) is 4.83. The van der Waals surface area contributed by atoms with E-state index in [9.17, 15) is 0 Å². The van der Waals surface area contributed by atoms with Crippen molar-refractivity contribution in [1.82, 2.24) is 4.98 Å². The molecule has 0 saturated carbocycles. The highest BCUT2D eigenvalue weighted by molar-refractivity contribution is 5.54. The maximum absolute atomic E-state index is 5.77. The number of anilines is 1. The van der Waals surface area contributed by atoms with Gasteiger partial charge in [-0.25, -0.2) is 0 Å². The zero-order valence-corrected chi connectivity index (χ0v) is 10.2. The molecule has 1 fully saturated rings. The molecule has 0 bridgehead atoms. The van der Waals surface area contributed by atoms with E-state index in [0.717, 1.165) is 12.1 Å². The Morgan fingerprint density at radius 3 is 3.06 bits per heavy atom. The third kappa shape index (κ3) is 2.05. The number of pyridine rings is 1. The molecule has 1 unspecified atom stereocenters. The molecule has 1 aromatic heterocycles. The monoisotopic (exact) mass is 219 g/mol. The second-order valence-electron chi connectivity index (χ2n) is 4.86. The average Bonchev–Trinajstić information content (AvgIpc) is 2.77. The first-order chi connectivity index (χ1) is 7.74. The van der Waals surface area contributed by atoms with Gasteiger partial charge in [0.2, 0.25) is 0 Å². The molecule has 0 spiro atoms. The van der Waals surface area contributed by atoms with E-state index < -0.39 is 0 Å². The van der Waals surface area contributed by atoms with Crippen LogP contribution >= 0.6 is 0 Å². The lowest BCUT2D eigenvalue weighted by Crippen LogP contribution is -2.34. The van der Waals surface area contributed by atoms with Crippen molar-refractivity contribution < 1.29 is 0 Å². The quantitative estimate of drug-likeness (QED) is 0.847. The molecular weight excluding hydrogens is 198 g/mol. The molecule has 1 atom stereocenters. The van der Waals surface area contributed by atoms with Crippen LogP contribution in [0.25, 0.3) is 0 Å². The lowest BCUT2D eigenvalue weighted by molar-refractivity contribution is 0.491. The van der Waals surface area contributed by atoms with Crippen molar-refractivity contribution in [3.05, 3.63) is 24.0 Å². The highest BCUT2D eigenvalue weighted by Gasteiger charge is 2.28. The van der Waals surface area contributed by atoms with Gasteiger partial charge in [-0.05, 0) is 24.8 Å². The summed E-state index contributed by atoms with van der Waals surface area (Å²) in [6, 6.07) is 2.76. The molecule has 88 valence electrons. The fraction of sp³-hybridized carbons (Fsp3) is 0.615. The van der Waals surface area contributed by atoms with Gasteiger partial charge in [-0.15, -0.1) is 0 Å². The van der Waals surface area contributed by atoms with Gasteiger partial charge in [-0.3, -0.25) is 4.98 Å². The van der Waals surface area contributed by atoms with Crippen molar-refractivity contribution in [2.45, 2.75) is 39.3 Å². The summed E-state index contributed by atoms with van der Waals surface area (Å²) in [5.41, 5.74) is 8.22. The van der Waals surface area contributed by atoms with Gasteiger partial charge in [-0.2, -0.15) is 0 Å². The molecule has 0 radical (unpaired) electrons. The van der Waals surface area contributed by atoms with Gasteiger partial charge in [0.1, 0.15) is 0 Å². The van der Waals surface area contributed by atoms with Crippen molar-refractivity contribution in [1.29, 1.82) is 0 Å². The lowest BCUT2D eigenvalue weighted by atomic mass is 10.0. The van der Waals surface area contributed by atoms with E-state index in [-0.39, 0.29) is 0 Å². The van der Waals surface area contributed by atoms with Crippen LogP contribution in [0.5, 0.6) is 0 Å². The molecule has 0 amide bonds. The number of aromatic nitrogens is 1. The highest BCUT2D eigenvalue weighted by Crippen LogP contribution is 2.31. The summed E-state index contributed by atoms with van der Waals surface area (Å²) in [6.45, 7) is 6.32. The van der Waals surface area contributed by atoms with Crippen LogP contribution in [0.4, 0.5) is 5.69 Å². The van der Waals surface area contributed by atoms with E-state index >= 15 is 0 Å². The summed E-state index contributed by atoms with van der Waals surface area (Å²) in [7, 11) is 0. The molecule has 1 aliphatic heterocycles. The van der Waals surface area contributed by atoms with Gasteiger partial charge in [0.15, 0.2) is 0 Å². The van der Waals surface area contributed by atoms with Gasteiger partial charge in [0.05, 0.1) is 0 Å². The second-order valence-corrected chi connectivity index (χ2v) is 4.86. The van der Waals surface area contributed by atoms with E-state index in [1.165, 1.54) is 18.5 Å². The van der Waals surface area contributed by atoms with Crippen molar-refractivity contribution in [3.63, 3.8) is 0 Å². The fourth-order valence-corrected chi connectivity index (χ4v) is 2.64. The Bertz CT molecular complexity index is 349. The Balaban J connectivity index is 2.28.